The summed E-state index contributed by atoms with van der Waals surface area (Å²) in [6.07, 6.45) is 2.73. The molecule has 1 aliphatic heterocycles. The quantitative estimate of drug-likeness (QED) is 0.515. The number of carbonyl (C=O) groups excluding carboxylic acids is 1. The molecule has 0 aliphatic carbocycles. The first-order valence-corrected chi connectivity index (χ1v) is 11.6. The van der Waals surface area contributed by atoms with Crippen LogP contribution in [0.1, 0.15) is 62.5 Å². The fraction of sp³-hybridized carbons (Fsp3) is 0.385. The normalized spacial score (nSPS) is 18.4. The summed E-state index contributed by atoms with van der Waals surface area (Å²) in [6, 6.07) is 16.2. The lowest BCUT2D eigenvalue weighted by molar-refractivity contribution is -0.117. The van der Waals surface area contributed by atoms with Crippen molar-refractivity contribution in [3.05, 3.63) is 71.0 Å². The predicted molar refractivity (Wildman–Crippen MR) is 128 cm³/mol. The van der Waals surface area contributed by atoms with Crippen molar-refractivity contribution in [3.8, 4) is 5.75 Å². The molecule has 3 aromatic rings. The van der Waals surface area contributed by atoms with Crippen LogP contribution >= 0.6 is 0 Å². The van der Waals surface area contributed by atoms with Gasteiger partial charge in [-0.1, -0.05) is 55.3 Å². The Morgan fingerprint density at radius 2 is 1.82 bits per heavy atom. The number of hydrogen-bond acceptors (Lipinski definition) is 5. The van der Waals surface area contributed by atoms with Gasteiger partial charge in [0, 0.05) is 6.42 Å². The first-order chi connectivity index (χ1) is 15.9. The molecule has 1 amide bonds. The van der Waals surface area contributed by atoms with E-state index in [0.29, 0.717) is 31.0 Å². The standard InChI is InChI=1S/C26H31N5O2/c1-5-7-16-33-21-14-12-20(13-15-21)26(4)17-22(19-10-8-18(3)9-11-19)23(25(32)27-26)24-28-30-31(6-2)29-24/h8-15H,5-7,16-17H2,1-4H3,(H,27,32). The number of nitrogens with zero attached hydrogens (tertiary/aromatic N) is 4. The summed E-state index contributed by atoms with van der Waals surface area (Å²) in [7, 11) is 0. The number of hydrogen-bond donors (Lipinski definition) is 1. The van der Waals surface area contributed by atoms with Crippen LogP contribution in [0.25, 0.3) is 11.1 Å². The lowest BCUT2D eigenvalue weighted by Crippen LogP contribution is -2.47. The third-order valence-corrected chi connectivity index (χ3v) is 6.07. The molecular formula is C26H31N5O2. The van der Waals surface area contributed by atoms with Crippen LogP contribution in [-0.4, -0.2) is 32.7 Å². The molecule has 172 valence electrons. The fourth-order valence-electron chi connectivity index (χ4n) is 4.08. The lowest BCUT2D eigenvalue weighted by atomic mass is 9.78. The van der Waals surface area contributed by atoms with Gasteiger partial charge in [0.15, 0.2) is 0 Å². The van der Waals surface area contributed by atoms with Crippen LogP contribution in [0.2, 0.25) is 0 Å². The molecule has 1 unspecified atom stereocenters. The number of aromatic nitrogens is 4. The first-order valence-electron chi connectivity index (χ1n) is 11.6. The Kier molecular flexibility index (Phi) is 6.58. The largest absolute Gasteiger partial charge is 0.494 e. The van der Waals surface area contributed by atoms with Crippen LogP contribution in [0.5, 0.6) is 5.75 Å². The van der Waals surface area contributed by atoms with Crippen LogP contribution in [0, 0.1) is 6.92 Å². The van der Waals surface area contributed by atoms with Crippen molar-refractivity contribution in [3.63, 3.8) is 0 Å². The molecule has 1 aromatic heterocycles. The van der Waals surface area contributed by atoms with E-state index in [1.807, 2.05) is 31.2 Å². The van der Waals surface area contributed by atoms with Gasteiger partial charge in [-0.3, -0.25) is 4.79 Å². The van der Waals surface area contributed by atoms with E-state index in [-0.39, 0.29) is 5.91 Å². The maximum Gasteiger partial charge on any atom is 0.256 e. The van der Waals surface area contributed by atoms with E-state index in [4.69, 9.17) is 4.74 Å². The van der Waals surface area contributed by atoms with Crippen molar-refractivity contribution >= 4 is 17.1 Å². The number of carbonyl (C=O) groups is 1. The molecule has 33 heavy (non-hydrogen) atoms. The number of ether oxygens (including phenoxy) is 1. The summed E-state index contributed by atoms with van der Waals surface area (Å²) in [6.45, 7) is 9.48. The Morgan fingerprint density at radius 1 is 1.09 bits per heavy atom. The van der Waals surface area contributed by atoms with E-state index in [1.54, 1.807) is 0 Å². The van der Waals surface area contributed by atoms with Gasteiger partial charge in [0.1, 0.15) is 5.75 Å². The van der Waals surface area contributed by atoms with Gasteiger partial charge in [0.2, 0.25) is 5.82 Å². The van der Waals surface area contributed by atoms with Gasteiger partial charge in [-0.2, -0.15) is 4.80 Å². The molecule has 0 saturated carbocycles. The maximum atomic E-state index is 13.5. The van der Waals surface area contributed by atoms with Crippen molar-refractivity contribution in [2.24, 2.45) is 0 Å². The van der Waals surface area contributed by atoms with Crippen molar-refractivity contribution in [1.29, 1.82) is 0 Å². The Hall–Kier alpha value is -3.48. The minimum atomic E-state index is -0.580. The molecule has 0 saturated heterocycles. The molecule has 0 spiro atoms. The highest BCUT2D eigenvalue weighted by Crippen LogP contribution is 2.41. The first kappa shape index (κ1) is 22.7. The van der Waals surface area contributed by atoms with Crippen LogP contribution < -0.4 is 10.1 Å². The summed E-state index contributed by atoms with van der Waals surface area (Å²) in [5, 5.41) is 15.9. The fourth-order valence-corrected chi connectivity index (χ4v) is 4.08. The number of amides is 1. The summed E-state index contributed by atoms with van der Waals surface area (Å²) >= 11 is 0. The monoisotopic (exact) mass is 445 g/mol. The highest BCUT2D eigenvalue weighted by molar-refractivity contribution is 6.27. The van der Waals surface area contributed by atoms with E-state index < -0.39 is 5.54 Å². The molecule has 1 aliphatic rings. The molecule has 2 heterocycles. The maximum absolute atomic E-state index is 13.5. The second-order valence-electron chi connectivity index (χ2n) is 8.71. The Morgan fingerprint density at radius 3 is 2.45 bits per heavy atom. The van der Waals surface area contributed by atoms with Crippen molar-refractivity contribution < 1.29 is 9.53 Å². The minimum absolute atomic E-state index is 0.196. The Labute approximate surface area is 194 Å². The third kappa shape index (κ3) is 4.82. The third-order valence-electron chi connectivity index (χ3n) is 6.07. The average molecular weight is 446 g/mol. The molecule has 0 radical (unpaired) electrons. The summed E-state index contributed by atoms with van der Waals surface area (Å²) in [4.78, 5) is 15.0. The van der Waals surface area contributed by atoms with Gasteiger partial charge in [-0.25, -0.2) is 0 Å². The summed E-state index contributed by atoms with van der Waals surface area (Å²) < 4.78 is 5.81. The van der Waals surface area contributed by atoms with Gasteiger partial charge >= 0.3 is 0 Å². The van der Waals surface area contributed by atoms with Crippen LogP contribution in [-0.2, 0) is 16.9 Å². The number of rotatable bonds is 8. The van der Waals surface area contributed by atoms with Crippen LogP contribution in [0.15, 0.2) is 48.5 Å². The summed E-state index contributed by atoms with van der Waals surface area (Å²) in [5.74, 6) is 0.998. The van der Waals surface area contributed by atoms with E-state index in [1.165, 1.54) is 4.80 Å². The number of tetrazole rings is 1. The van der Waals surface area contributed by atoms with Gasteiger partial charge in [-0.15, -0.1) is 10.2 Å². The Bertz CT molecular complexity index is 1150. The zero-order valence-corrected chi connectivity index (χ0v) is 19.8. The second kappa shape index (κ2) is 9.57. The second-order valence-corrected chi connectivity index (χ2v) is 8.71. The van der Waals surface area contributed by atoms with E-state index in [9.17, 15) is 4.79 Å². The molecular weight excluding hydrogens is 414 g/mol. The number of aryl methyl sites for hydroxylation is 2. The van der Waals surface area contributed by atoms with E-state index in [2.05, 4.69) is 65.8 Å². The number of nitrogens with one attached hydrogen (secondary N) is 1. The van der Waals surface area contributed by atoms with E-state index >= 15 is 0 Å². The predicted octanol–water partition coefficient (Wildman–Crippen LogP) is 4.53. The molecule has 7 nitrogen and oxygen atoms in total. The lowest BCUT2D eigenvalue weighted by Gasteiger charge is -2.37. The van der Waals surface area contributed by atoms with Crippen molar-refractivity contribution in [2.75, 3.05) is 6.61 Å². The Balaban J connectivity index is 1.72. The molecule has 7 heteroatoms. The molecule has 2 aromatic carbocycles. The van der Waals surface area contributed by atoms with Crippen LogP contribution in [0.4, 0.5) is 0 Å². The highest BCUT2D eigenvalue weighted by atomic mass is 16.5. The van der Waals surface area contributed by atoms with Crippen molar-refractivity contribution in [2.45, 2.75) is 59.0 Å². The molecule has 1 atom stereocenters. The van der Waals surface area contributed by atoms with E-state index in [0.717, 1.165) is 40.9 Å². The zero-order valence-electron chi connectivity index (χ0n) is 19.8. The SMILES string of the molecule is CCCCOc1ccc(C2(C)CC(c3ccc(C)cc3)=C(c3nnn(CC)n3)C(=O)N2)cc1. The van der Waals surface area contributed by atoms with Gasteiger partial charge in [-0.05, 0) is 61.2 Å². The average Bonchev–Trinajstić information content (AvgIpc) is 3.28. The van der Waals surface area contributed by atoms with Gasteiger partial charge in [0.25, 0.3) is 5.91 Å². The summed E-state index contributed by atoms with van der Waals surface area (Å²) in [5.41, 5.74) is 3.99. The van der Waals surface area contributed by atoms with Gasteiger partial charge in [0.05, 0.1) is 24.3 Å². The zero-order chi connectivity index (χ0) is 23.4. The highest BCUT2D eigenvalue weighted by Gasteiger charge is 2.39. The molecule has 0 bridgehead atoms. The topological polar surface area (TPSA) is 81.9 Å². The minimum Gasteiger partial charge on any atom is -0.494 e. The number of unbranched alkanes of at least 4 members (excludes halogenated alkanes) is 1. The molecule has 0 fully saturated rings. The smallest absolute Gasteiger partial charge is 0.256 e. The molecule has 4 rings (SSSR count). The number of benzene rings is 2. The molecule has 1 N–H and O–H groups in total. The van der Waals surface area contributed by atoms with Crippen LogP contribution in [0.3, 0.4) is 0 Å². The van der Waals surface area contributed by atoms with Gasteiger partial charge < -0.3 is 10.1 Å². The van der Waals surface area contributed by atoms with Crippen molar-refractivity contribution in [1.82, 2.24) is 25.5 Å².